The second-order valence-electron chi connectivity index (χ2n) is 13.0. The molecule has 0 bridgehead atoms. The molecule has 0 saturated heterocycles. The summed E-state index contributed by atoms with van der Waals surface area (Å²) < 4.78 is 15.6. The van der Waals surface area contributed by atoms with E-state index >= 15 is 0 Å². The van der Waals surface area contributed by atoms with E-state index in [1.165, 1.54) is 10.8 Å². The van der Waals surface area contributed by atoms with Crippen molar-refractivity contribution in [2.24, 2.45) is 9.98 Å². The molecule has 0 fully saturated rings. The summed E-state index contributed by atoms with van der Waals surface area (Å²) >= 11 is 0. The molecule has 6 heteroatoms. The predicted molar refractivity (Wildman–Crippen MR) is 207 cm³/mol. The zero-order valence-electron chi connectivity index (χ0n) is 27.2. The van der Waals surface area contributed by atoms with Crippen LogP contribution in [0.25, 0.3) is 71.4 Å². The Labute approximate surface area is 291 Å². The molecule has 240 valence electrons. The SMILES string of the molecule is c1ccc(C2=NC(c3cccc4c3oc3ccccc34)NC(c3ccc4c(c3)oc3c(-n5c6ccccc6c6ccccc65)cccc34)=N2)cc1. The van der Waals surface area contributed by atoms with Gasteiger partial charge in [0.1, 0.15) is 22.6 Å². The number of nitrogens with zero attached hydrogens (tertiary/aromatic N) is 3. The van der Waals surface area contributed by atoms with E-state index in [0.29, 0.717) is 11.7 Å². The Balaban J connectivity index is 1.07. The first-order valence-electron chi connectivity index (χ1n) is 17.1. The van der Waals surface area contributed by atoms with E-state index in [9.17, 15) is 0 Å². The van der Waals surface area contributed by atoms with Crippen LogP contribution in [0.1, 0.15) is 22.9 Å². The van der Waals surface area contributed by atoms with Crippen molar-refractivity contribution in [1.29, 1.82) is 0 Å². The van der Waals surface area contributed by atoms with Gasteiger partial charge in [-0.25, -0.2) is 9.98 Å². The first-order valence-corrected chi connectivity index (χ1v) is 17.1. The molecule has 3 aromatic heterocycles. The fourth-order valence-electron chi connectivity index (χ4n) is 7.75. The van der Waals surface area contributed by atoms with Crippen LogP contribution in [0.15, 0.2) is 177 Å². The molecule has 1 aliphatic rings. The van der Waals surface area contributed by atoms with Crippen LogP contribution in [-0.2, 0) is 0 Å². The molecular formula is C45H28N4O2. The fraction of sp³-hybridized carbons (Fsp3) is 0.0222. The van der Waals surface area contributed by atoms with E-state index in [1.54, 1.807) is 0 Å². The van der Waals surface area contributed by atoms with Crippen molar-refractivity contribution in [1.82, 2.24) is 9.88 Å². The molecule has 4 heterocycles. The highest BCUT2D eigenvalue weighted by atomic mass is 16.3. The number of amidine groups is 2. The maximum atomic E-state index is 6.80. The lowest BCUT2D eigenvalue weighted by Crippen LogP contribution is -2.33. The van der Waals surface area contributed by atoms with Crippen LogP contribution in [0.3, 0.4) is 0 Å². The number of aromatic nitrogens is 1. The zero-order valence-corrected chi connectivity index (χ0v) is 27.2. The topological polar surface area (TPSA) is 68.0 Å². The third kappa shape index (κ3) is 4.23. The minimum atomic E-state index is -0.426. The van der Waals surface area contributed by atoms with Gasteiger partial charge in [-0.15, -0.1) is 0 Å². The van der Waals surface area contributed by atoms with Gasteiger partial charge in [-0.3, -0.25) is 0 Å². The largest absolute Gasteiger partial charge is 0.456 e. The van der Waals surface area contributed by atoms with E-state index in [4.69, 9.17) is 18.8 Å². The van der Waals surface area contributed by atoms with Gasteiger partial charge in [0.05, 0.1) is 16.7 Å². The summed E-state index contributed by atoms with van der Waals surface area (Å²) in [6, 6.07) is 54.4. The molecule has 0 aliphatic carbocycles. The van der Waals surface area contributed by atoms with Gasteiger partial charge < -0.3 is 18.7 Å². The minimum Gasteiger partial charge on any atom is -0.456 e. The maximum absolute atomic E-state index is 6.80. The van der Waals surface area contributed by atoms with Crippen molar-refractivity contribution >= 4 is 77.4 Å². The predicted octanol–water partition coefficient (Wildman–Crippen LogP) is 11.1. The number of rotatable bonds is 4. The van der Waals surface area contributed by atoms with Crippen LogP contribution in [-0.4, -0.2) is 16.2 Å². The van der Waals surface area contributed by atoms with Crippen molar-refractivity contribution in [3.8, 4) is 5.69 Å². The number of nitrogens with one attached hydrogen (secondary N) is 1. The number of hydrogen-bond acceptors (Lipinski definition) is 5. The Kier molecular flexibility index (Phi) is 5.92. The number of aliphatic imine (C=N–C) groups is 2. The Bertz CT molecular complexity index is 3020. The molecule has 51 heavy (non-hydrogen) atoms. The van der Waals surface area contributed by atoms with Crippen molar-refractivity contribution in [2.75, 3.05) is 0 Å². The summed E-state index contributed by atoms with van der Waals surface area (Å²) in [6.07, 6.45) is -0.426. The molecule has 7 aromatic carbocycles. The Morgan fingerprint density at radius 1 is 0.490 bits per heavy atom. The van der Waals surface area contributed by atoms with Gasteiger partial charge in [0.15, 0.2) is 17.6 Å². The molecule has 0 saturated carbocycles. The van der Waals surface area contributed by atoms with Gasteiger partial charge in [0.2, 0.25) is 0 Å². The van der Waals surface area contributed by atoms with Crippen molar-refractivity contribution in [3.05, 3.63) is 174 Å². The van der Waals surface area contributed by atoms with Crippen LogP contribution in [0.4, 0.5) is 0 Å². The molecule has 1 N–H and O–H groups in total. The smallest absolute Gasteiger partial charge is 0.159 e. The molecule has 11 rings (SSSR count). The summed E-state index contributed by atoms with van der Waals surface area (Å²) in [6.45, 7) is 0. The lowest BCUT2D eigenvalue weighted by molar-refractivity contribution is 0.628. The van der Waals surface area contributed by atoms with Crippen molar-refractivity contribution < 1.29 is 8.83 Å². The average Bonchev–Trinajstić information content (AvgIpc) is 3.87. The van der Waals surface area contributed by atoms with Crippen molar-refractivity contribution in [3.63, 3.8) is 0 Å². The van der Waals surface area contributed by atoms with E-state index in [2.05, 4.69) is 119 Å². The number of hydrogen-bond donors (Lipinski definition) is 1. The normalized spacial score (nSPS) is 14.9. The molecule has 0 spiro atoms. The number of furan rings is 2. The van der Waals surface area contributed by atoms with E-state index < -0.39 is 6.17 Å². The molecule has 1 unspecified atom stereocenters. The first kappa shape index (κ1) is 28.0. The number of para-hydroxylation sites is 5. The molecule has 0 amide bonds. The third-order valence-electron chi connectivity index (χ3n) is 10.1. The summed E-state index contributed by atoms with van der Waals surface area (Å²) in [5.74, 6) is 1.37. The van der Waals surface area contributed by atoms with Crippen LogP contribution < -0.4 is 5.32 Å². The second-order valence-corrected chi connectivity index (χ2v) is 13.0. The van der Waals surface area contributed by atoms with E-state index in [0.717, 1.165) is 77.3 Å². The van der Waals surface area contributed by atoms with E-state index in [1.807, 2.05) is 48.5 Å². The third-order valence-corrected chi connectivity index (χ3v) is 10.1. The highest BCUT2D eigenvalue weighted by Gasteiger charge is 2.25. The molecule has 6 nitrogen and oxygen atoms in total. The lowest BCUT2D eigenvalue weighted by Gasteiger charge is -2.23. The minimum absolute atomic E-state index is 0.426. The van der Waals surface area contributed by atoms with Gasteiger partial charge in [-0.2, -0.15) is 0 Å². The first-order chi connectivity index (χ1) is 25.3. The number of benzene rings is 7. The van der Waals surface area contributed by atoms with Crippen LogP contribution in [0.2, 0.25) is 0 Å². The number of fused-ring (bicyclic) bond motifs is 9. The lowest BCUT2D eigenvalue weighted by atomic mass is 10.0. The van der Waals surface area contributed by atoms with Crippen molar-refractivity contribution in [2.45, 2.75) is 6.17 Å². The zero-order chi connectivity index (χ0) is 33.5. The Morgan fingerprint density at radius 2 is 1.12 bits per heavy atom. The summed E-state index contributed by atoms with van der Waals surface area (Å²) in [4.78, 5) is 10.2. The van der Waals surface area contributed by atoms with Gasteiger partial charge in [-0.05, 0) is 36.4 Å². The van der Waals surface area contributed by atoms with Gasteiger partial charge in [-0.1, -0.05) is 121 Å². The average molecular weight is 657 g/mol. The maximum Gasteiger partial charge on any atom is 0.159 e. The summed E-state index contributed by atoms with van der Waals surface area (Å²) in [7, 11) is 0. The molecule has 10 aromatic rings. The highest BCUT2D eigenvalue weighted by Crippen LogP contribution is 2.39. The molecular weight excluding hydrogens is 629 g/mol. The van der Waals surface area contributed by atoms with Crippen LogP contribution in [0.5, 0.6) is 0 Å². The standard InChI is InChI=1S/C45H28N4O2/c1-2-12-27(13-3-1)43-46-44(48-45(47-43)35-19-10-17-33-31-16-6-9-23-39(31)50-41(33)35)28-24-25-32-34-18-11-22-38(42(34)51-40(32)26-28)49-36-20-7-4-14-29(36)30-15-5-8-21-37(30)49/h1-26,45H,(H,46,47,48). The molecule has 1 atom stereocenters. The van der Waals surface area contributed by atoms with Gasteiger partial charge in [0, 0.05) is 49.0 Å². The summed E-state index contributed by atoms with van der Waals surface area (Å²) in [5, 5.41) is 10.3. The molecule has 1 aliphatic heterocycles. The van der Waals surface area contributed by atoms with E-state index in [-0.39, 0.29) is 0 Å². The Morgan fingerprint density at radius 3 is 1.92 bits per heavy atom. The second kappa shape index (κ2) is 10.8. The monoisotopic (exact) mass is 656 g/mol. The van der Waals surface area contributed by atoms with Crippen LogP contribution >= 0.6 is 0 Å². The van der Waals surface area contributed by atoms with Gasteiger partial charge >= 0.3 is 0 Å². The van der Waals surface area contributed by atoms with Gasteiger partial charge in [0.25, 0.3) is 0 Å². The molecule has 0 radical (unpaired) electrons. The Hall–Kier alpha value is -6.92. The fourth-order valence-corrected chi connectivity index (χ4v) is 7.75. The highest BCUT2D eigenvalue weighted by molar-refractivity contribution is 6.16. The van der Waals surface area contributed by atoms with Crippen LogP contribution in [0, 0.1) is 0 Å². The quantitative estimate of drug-likeness (QED) is 0.205. The summed E-state index contributed by atoms with van der Waals surface area (Å²) in [5.41, 5.74) is 9.40.